The fourth-order valence-corrected chi connectivity index (χ4v) is 3.20. The molecule has 0 saturated carbocycles. The molecule has 124 valence electrons. The number of carbonyl (C=O) groups excluding carboxylic acids is 2. The van der Waals surface area contributed by atoms with Crippen LogP contribution in [-0.4, -0.2) is 31.6 Å². The van der Waals surface area contributed by atoms with Crippen LogP contribution >= 0.6 is 0 Å². The van der Waals surface area contributed by atoms with E-state index in [0.717, 1.165) is 29.8 Å². The minimum Gasteiger partial charge on any atom is -0.381 e. The molecular weight excluding hydrogens is 294 g/mol. The molecule has 0 aromatic heterocycles. The summed E-state index contributed by atoms with van der Waals surface area (Å²) in [5.74, 6) is 0.00531. The summed E-state index contributed by atoms with van der Waals surface area (Å²) < 4.78 is 5.35. The number of amides is 2. The lowest BCUT2D eigenvalue weighted by atomic mass is 9.79. The molecule has 1 aromatic rings. The van der Waals surface area contributed by atoms with E-state index in [2.05, 4.69) is 10.6 Å². The molecule has 4 N–H and O–H groups in total. The molecule has 0 bridgehead atoms. The highest BCUT2D eigenvalue weighted by molar-refractivity contribution is 5.97. The standard InChI is InChI=1S/C17H23N3O3/c18-11-17(6-8-23-9-7-17)16(22)19-13-4-5-14-12(10-13)2-1-3-15(21)20-14/h4-5,10H,1-3,6-9,11,18H2,(H,19,22)(H,20,21). The van der Waals surface area contributed by atoms with Crippen molar-refractivity contribution >= 4 is 23.2 Å². The maximum Gasteiger partial charge on any atom is 0.232 e. The van der Waals surface area contributed by atoms with Gasteiger partial charge in [0.05, 0.1) is 5.41 Å². The summed E-state index contributed by atoms with van der Waals surface area (Å²) in [6, 6.07) is 5.63. The summed E-state index contributed by atoms with van der Waals surface area (Å²) in [6.07, 6.45) is 3.48. The van der Waals surface area contributed by atoms with Gasteiger partial charge in [-0.2, -0.15) is 0 Å². The van der Waals surface area contributed by atoms with Crippen LogP contribution in [-0.2, 0) is 20.7 Å². The third kappa shape index (κ3) is 3.38. The number of fused-ring (bicyclic) bond motifs is 1. The van der Waals surface area contributed by atoms with E-state index in [-0.39, 0.29) is 11.8 Å². The van der Waals surface area contributed by atoms with E-state index < -0.39 is 5.41 Å². The lowest BCUT2D eigenvalue weighted by Gasteiger charge is -2.34. The average molecular weight is 317 g/mol. The number of rotatable bonds is 3. The van der Waals surface area contributed by atoms with Gasteiger partial charge in [0.1, 0.15) is 0 Å². The summed E-state index contributed by atoms with van der Waals surface area (Å²) in [7, 11) is 0. The second-order valence-electron chi connectivity index (χ2n) is 6.32. The number of benzene rings is 1. The first-order valence-corrected chi connectivity index (χ1v) is 8.15. The monoisotopic (exact) mass is 317 g/mol. The van der Waals surface area contributed by atoms with E-state index in [4.69, 9.17) is 10.5 Å². The molecule has 2 amide bonds. The molecule has 2 heterocycles. The van der Waals surface area contributed by atoms with Crippen molar-refractivity contribution in [1.82, 2.24) is 0 Å². The van der Waals surface area contributed by atoms with Gasteiger partial charge in [-0.15, -0.1) is 0 Å². The molecule has 6 heteroatoms. The molecule has 2 aliphatic rings. The number of carbonyl (C=O) groups is 2. The van der Waals surface area contributed by atoms with E-state index >= 15 is 0 Å². The van der Waals surface area contributed by atoms with Crippen LogP contribution < -0.4 is 16.4 Å². The van der Waals surface area contributed by atoms with Crippen molar-refractivity contribution in [3.63, 3.8) is 0 Å². The molecule has 1 aromatic carbocycles. The largest absolute Gasteiger partial charge is 0.381 e. The van der Waals surface area contributed by atoms with Crippen LogP contribution in [0.25, 0.3) is 0 Å². The number of hydrogen-bond donors (Lipinski definition) is 3. The number of anilines is 2. The first-order chi connectivity index (χ1) is 11.1. The number of hydrogen-bond acceptors (Lipinski definition) is 4. The number of nitrogens with one attached hydrogen (secondary N) is 2. The quantitative estimate of drug-likeness (QED) is 0.790. The van der Waals surface area contributed by atoms with Gasteiger partial charge in [-0.1, -0.05) is 0 Å². The van der Waals surface area contributed by atoms with Gasteiger partial charge in [0.25, 0.3) is 0 Å². The maximum atomic E-state index is 12.7. The number of ether oxygens (including phenoxy) is 1. The lowest BCUT2D eigenvalue weighted by molar-refractivity contribution is -0.130. The third-order valence-electron chi connectivity index (χ3n) is 4.81. The molecule has 0 atom stereocenters. The van der Waals surface area contributed by atoms with Crippen LogP contribution in [0.1, 0.15) is 31.2 Å². The van der Waals surface area contributed by atoms with E-state index in [9.17, 15) is 9.59 Å². The summed E-state index contributed by atoms with van der Waals surface area (Å²) in [6.45, 7) is 1.46. The van der Waals surface area contributed by atoms with Crippen molar-refractivity contribution in [3.8, 4) is 0 Å². The first-order valence-electron chi connectivity index (χ1n) is 8.15. The van der Waals surface area contributed by atoms with Crippen LogP contribution in [0.2, 0.25) is 0 Å². The second-order valence-corrected chi connectivity index (χ2v) is 6.32. The van der Waals surface area contributed by atoms with Crippen molar-refractivity contribution in [2.75, 3.05) is 30.4 Å². The summed E-state index contributed by atoms with van der Waals surface area (Å²) in [5.41, 5.74) is 7.98. The number of aryl methyl sites for hydroxylation is 1. The Labute approximate surface area is 135 Å². The molecule has 23 heavy (non-hydrogen) atoms. The van der Waals surface area contributed by atoms with Gasteiger partial charge in [-0.25, -0.2) is 0 Å². The fourth-order valence-electron chi connectivity index (χ4n) is 3.20. The fraction of sp³-hybridized carbons (Fsp3) is 0.529. The number of nitrogens with two attached hydrogens (primary N) is 1. The van der Waals surface area contributed by atoms with Crippen LogP contribution in [0.5, 0.6) is 0 Å². The Bertz CT molecular complexity index is 609. The van der Waals surface area contributed by atoms with Crippen LogP contribution in [0.3, 0.4) is 0 Å². The SMILES string of the molecule is NCC1(C(=O)Nc2ccc3c(c2)CCCC(=O)N3)CCOCC1. The van der Waals surface area contributed by atoms with Gasteiger partial charge < -0.3 is 21.1 Å². The zero-order chi connectivity index (χ0) is 16.3. The van der Waals surface area contributed by atoms with E-state index in [1.165, 1.54) is 0 Å². The highest BCUT2D eigenvalue weighted by Gasteiger charge is 2.38. The summed E-state index contributed by atoms with van der Waals surface area (Å²) >= 11 is 0. The Morgan fingerprint density at radius 2 is 2.09 bits per heavy atom. The summed E-state index contributed by atoms with van der Waals surface area (Å²) in [5, 5.41) is 5.89. The Kier molecular flexibility index (Phi) is 4.63. The predicted octanol–water partition coefficient (Wildman–Crippen LogP) is 1.66. The smallest absolute Gasteiger partial charge is 0.232 e. The summed E-state index contributed by atoms with van der Waals surface area (Å²) in [4.78, 5) is 24.3. The van der Waals surface area contributed by atoms with Crippen LogP contribution in [0, 0.1) is 5.41 Å². The zero-order valence-electron chi connectivity index (χ0n) is 13.2. The van der Waals surface area contributed by atoms with Crippen molar-refractivity contribution in [3.05, 3.63) is 23.8 Å². The maximum absolute atomic E-state index is 12.7. The minimum absolute atomic E-state index is 0.0408. The molecule has 1 fully saturated rings. The molecule has 0 spiro atoms. The molecular formula is C17H23N3O3. The molecule has 6 nitrogen and oxygen atoms in total. The molecule has 1 saturated heterocycles. The Hall–Kier alpha value is -1.92. The normalized spacial score (nSPS) is 20.1. The van der Waals surface area contributed by atoms with Crippen LogP contribution in [0.15, 0.2) is 18.2 Å². The Morgan fingerprint density at radius 1 is 1.30 bits per heavy atom. The molecule has 0 unspecified atom stereocenters. The molecule has 3 rings (SSSR count). The van der Waals surface area contributed by atoms with Gasteiger partial charge in [-0.3, -0.25) is 9.59 Å². The highest BCUT2D eigenvalue weighted by atomic mass is 16.5. The molecule has 0 radical (unpaired) electrons. The van der Waals surface area contributed by atoms with Gasteiger partial charge in [0.15, 0.2) is 0 Å². The Balaban J connectivity index is 1.76. The van der Waals surface area contributed by atoms with E-state index in [1.54, 1.807) is 0 Å². The highest BCUT2D eigenvalue weighted by Crippen LogP contribution is 2.32. The van der Waals surface area contributed by atoms with E-state index in [0.29, 0.717) is 39.0 Å². The van der Waals surface area contributed by atoms with Gasteiger partial charge in [0, 0.05) is 37.6 Å². The van der Waals surface area contributed by atoms with Crippen molar-refractivity contribution in [1.29, 1.82) is 0 Å². The van der Waals surface area contributed by atoms with Crippen molar-refractivity contribution in [2.45, 2.75) is 32.1 Å². The first kappa shape index (κ1) is 16.0. The van der Waals surface area contributed by atoms with Gasteiger partial charge in [0.2, 0.25) is 11.8 Å². The van der Waals surface area contributed by atoms with Gasteiger partial charge >= 0.3 is 0 Å². The van der Waals surface area contributed by atoms with Crippen LogP contribution in [0.4, 0.5) is 11.4 Å². The van der Waals surface area contributed by atoms with Crippen molar-refractivity contribution < 1.29 is 14.3 Å². The topological polar surface area (TPSA) is 93.5 Å². The predicted molar refractivity (Wildman–Crippen MR) is 88.2 cm³/mol. The average Bonchev–Trinajstić information content (AvgIpc) is 2.75. The molecule has 2 aliphatic heterocycles. The zero-order valence-corrected chi connectivity index (χ0v) is 13.2. The van der Waals surface area contributed by atoms with Crippen molar-refractivity contribution in [2.24, 2.45) is 11.1 Å². The third-order valence-corrected chi connectivity index (χ3v) is 4.81. The second kappa shape index (κ2) is 6.68. The minimum atomic E-state index is -0.542. The van der Waals surface area contributed by atoms with E-state index in [1.807, 2.05) is 18.2 Å². The Morgan fingerprint density at radius 3 is 2.83 bits per heavy atom. The molecule has 0 aliphatic carbocycles. The lowest BCUT2D eigenvalue weighted by Crippen LogP contribution is -2.46. The van der Waals surface area contributed by atoms with Gasteiger partial charge in [-0.05, 0) is 49.4 Å².